The number of nitrogens with zero attached hydrogens (tertiary/aromatic N) is 2. The van der Waals surface area contributed by atoms with Gasteiger partial charge in [0.1, 0.15) is 23.6 Å². The third kappa shape index (κ3) is 3.23. The normalized spacial score (nSPS) is 21.2. The van der Waals surface area contributed by atoms with Gasteiger partial charge in [0.25, 0.3) is 0 Å². The zero-order valence-electron chi connectivity index (χ0n) is 15.4. The molecule has 0 saturated carbocycles. The van der Waals surface area contributed by atoms with Crippen LogP contribution < -0.4 is 14.4 Å². The first kappa shape index (κ1) is 17.4. The zero-order valence-corrected chi connectivity index (χ0v) is 15.4. The lowest BCUT2D eigenvalue weighted by Gasteiger charge is -2.31. The first-order chi connectivity index (χ1) is 13.1. The highest BCUT2D eigenvalue weighted by molar-refractivity contribution is 6.00. The van der Waals surface area contributed by atoms with Crippen LogP contribution in [0.3, 0.4) is 0 Å². The maximum Gasteiger partial charge on any atom is 0.250 e. The Labute approximate surface area is 158 Å². The highest BCUT2D eigenvalue weighted by Crippen LogP contribution is 2.37. The second-order valence-corrected chi connectivity index (χ2v) is 6.90. The Morgan fingerprint density at radius 3 is 2.63 bits per heavy atom. The summed E-state index contributed by atoms with van der Waals surface area (Å²) in [6.07, 6.45) is 0.360. The molecule has 0 aromatic heterocycles. The highest BCUT2D eigenvalue weighted by atomic mass is 16.5. The Morgan fingerprint density at radius 1 is 1.19 bits per heavy atom. The van der Waals surface area contributed by atoms with Gasteiger partial charge in [-0.1, -0.05) is 24.3 Å². The van der Waals surface area contributed by atoms with Crippen molar-refractivity contribution in [3.63, 3.8) is 0 Å². The summed E-state index contributed by atoms with van der Waals surface area (Å²) in [5.74, 6) is 1.27. The van der Waals surface area contributed by atoms with Crippen LogP contribution in [0, 0.1) is 0 Å². The van der Waals surface area contributed by atoms with Crippen molar-refractivity contribution >= 4 is 17.5 Å². The number of hydrogen-bond acceptors (Lipinski definition) is 4. The van der Waals surface area contributed by atoms with Gasteiger partial charge in [0, 0.05) is 13.3 Å². The molecule has 140 valence electrons. The van der Waals surface area contributed by atoms with Gasteiger partial charge in [-0.25, -0.2) is 0 Å². The maximum atomic E-state index is 13.4. The van der Waals surface area contributed by atoms with Crippen molar-refractivity contribution in [3.8, 4) is 11.5 Å². The number of anilines is 1. The minimum atomic E-state index is -0.487. The van der Waals surface area contributed by atoms with Gasteiger partial charge < -0.3 is 19.3 Å². The molecule has 6 nitrogen and oxygen atoms in total. The second-order valence-electron chi connectivity index (χ2n) is 6.90. The average Bonchev–Trinajstić information content (AvgIpc) is 3.11. The molecule has 0 radical (unpaired) electrons. The fourth-order valence-corrected chi connectivity index (χ4v) is 3.80. The zero-order chi connectivity index (χ0) is 19.0. The molecule has 2 amide bonds. The third-order valence-electron chi connectivity index (χ3n) is 5.17. The minimum Gasteiger partial charge on any atom is -0.497 e. The number of carbonyl (C=O) groups excluding carboxylic acids is 2. The lowest BCUT2D eigenvalue weighted by atomic mass is 10.1. The predicted molar refractivity (Wildman–Crippen MR) is 101 cm³/mol. The molecule has 2 atom stereocenters. The van der Waals surface area contributed by atoms with Gasteiger partial charge in [-0.05, 0) is 29.8 Å². The Hall–Kier alpha value is -3.02. The number of methoxy groups -OCH3 is 1. The van der Waals surface area contributed by atoms with E-state index in [9.17, 15) is 9.59 Å². The topological polar surface area (TPSA) is 59.1 Å². The van der Waals surface area contributed by atoms with Crippen LogP contribution >= 0.6 is 0 Å². The molecule has 2 aromatic carbocycles. The summed E-state index contributed by atoms with van der Waals surface area (Å²) in [5.41, 5.74) is 1.71. The SMILES string of the molecule is COc1ccc(CN2C(=O)C3CC(CN3C(C)=O)Oc3ccccc32)cc1. The number of amides is 2. The number of rotatable bonds is 3. The largest absolute Gasteiger partial charge is 0.497 e. The number of ether oxygens (including phenoxy) is 2. The van der Waals surface area contributed by atoms with Crippen molar-refractivity contribution in [2.45, 2.75) is 32.0 Å². The van der Waals surface area contributed by atoms with Crippen molar-refractivity contribution in [2.75, 3.05) is 18.6 Å². The van der Waals surface area contributed by atoms with Crippen LogP contribution in [-0.2, 0) is 16.1 Å². The molecule has 2 aliphatic heterocycles. The lowest BCUT2D eigenvalue weighted by Crippen LogP contribution is -2.47. The van der Waals surface area contributed by atoms with Crippen LogP contribution in [0.4, 0.5) is 5.69 Å². The van der Waals surface area contributed by atoms with Gasteiger partial charge in [-0.2, -0.15) is 0 Å². The van der Waals surface area contributed by atoms with Crippen molar-refractivity contribution in [1.82, 2.24) is 4.90 Å². The van der Waals surface area contributed by atoms with Crippen molar-refractivity contribution in [2.24, 2.45) is 0 Å². The van der Waals surface area contributed by atoms with E-state index in [0.717, 1.165) is 17.0 Å². The molecule has 4 rings (SSSR count). The first-order valence-corrected chi connectivity index (χ1v) is 9.04. The van der Waals surface area contributed by atoms with Crippen LogP contribution in [0.2, 0.25) is 0 Å². The number of carbonyl (C=O) groups is 2. The molecule has 2 heterocycles. The van der Waals surface area contributed by atoms with Gasteiger partial charge in [0.05, 0.1) is 25.9 Å². The Morgan fingerprint density at radius 2 is 1.93 bits per heavy atom. The number of likely N-dealkylation sites (tertiary alicyclic amines) is 1. The monoisotopic (exact) mass is 366 g/mol. The summed E-state index contributed by atoms with van der Waals surface area (Å²) >= 11 is 0. The summed E-state index contributed by atoms with van der Waals surface area (Å²) in [5, 5.41) is 0. The fourth-order valence-electron chi connectivity index (χ4n) is 3.80. The van der Waals surface area contributed by atoms with Crippen LogP contribution in [0.1, 0.15) is 18.9 Å². The fraction of sp³-hybridized carbons (Fsp3) is 0.333. The summed E-state index contributed by atoms with van der Waals surface area (Å²) in [6, 6.07) is 14.7. The molecule has 0 aliphatic carbocycles. The van der Waals surface area contributed by atoms with E-state index in [1.54, 1.807) is 16.9 Å². The van der Waals surface area contributed by atoms with Gasteiger partial charge in [-0.3, -0.25) is 9.59 Å². The second kappa shape index (κ2) is 6.95. The molecule has 27 heavy (non-hydrogen) atoms. The van der Waals surface area contributed by atoms with Gasteiger partial charge in [-0.15, -0.1) is 0 Å². The van der Waals surface area contributed by atoms with Gasteiger partial charge in [0.2, 0.25) is 11.8 Å². The Bertz CT molecular complexity index is 865. The minimum absolute atomic E-state index is 0.0701. The number of benzene rings is 2. The molecule has 1 fully saturated rings. The van der Waals surface area contributed by atoms with E-state index in [2.05, 4.69) is 0 Å². The van der Waals surface area contributed by atoms with E-state index < -0.39 is 6.04 Å². The predicted octanol–water partition coefficient (Wildman–Crippen LogP) is 2.61. The smallest absolute Gasteiger partial charge is 0.250 e. The molecule has 1 saturated heterocycles. The number of hydrogen-bond donors (Lipinski definition) is 0. The first-order valence-electron chi connectivity index (χ1n) is 9.04. The quantitative estimate of drug-likeness (QED) is 0.838. The molecular weight excluding hydrogens is 344 g/mol. The number of para-hydroxylation sites is 2. The summed E-state index contributed by atoms with van der Waals surface area (Å²) in [6.45, 7) is 2.34. The van der Waals surface area contributed by atoms with E-state index in [1.165, 1.54) is 6.92 Å². The van der Waals surface area contributed by atoms with Crippen LogP contribution in [-0.4, -0.2) is 42.5 Å². The van der Waals surface area contributed by atoms with Crippen molar-refractivity contribution < 1.29 is 19.1 Å². The third-order valence-corrected chi connectivity index (χ3v) is 5.17. The van der Waals surface area contributed by atoms with Crippen LogP contribution in [0.5, 0.6) is 11.5 Å². The lowest BCUT2D eigenvalue weighted by molar-refractivity contribution is -0.135. The van der Waals surface area contributed by atoms with E-state index in [0.29, 0.717) is 25.3 Å². The number of fused-ring (bicyclic) bond motifs is 3. The van der Waals surface area contributed by atoms with Crippen LogP contribution in [0.15, 0.2) is 48.5 Å². The summed E-state index contributed by atoms with van der Waals surface area (Å²) in [7, 11) is 1.62. The van der Waals surface area contributed by atoms with Crippen molar-refractivity contribution in [3.05, 3.63) is 54.1 Å². The molecule has 0 N–H and O–H groups in total. The van der Waals surface area contributed by atoms with Crippen LogP contribution in [0.25, 0.3) is 0 Å². The highest BCUT2D eigenvalue weighted by Gasteiger charge is 2.43. The van der Waals surface area contributed by atoms with E-state index in [1.807, 2.05) is 48.5 Å². The Balaban J connectivity index is 1.72. The standard InChI is InChI=1S/C21H22N2O4/c1-14(24)22-13-17-11-19(22)21(25)23(18-5-3-4-6-20(18)27-17)12-15-7-9-16(26-2)10-8-15/h3-10,17,19H,11-13H2,1-2H3. The summed E-state index contributed by atoms with van der Waals surface area (Å²) in [4.78, 5) is 28.8. The molecule has 2 bridgehead atoms. The summed E-state index contributed by atoms with van der Waals surface area (Å²) < 4.78 is 11.4. The molecule has 0 spiro atoms. The van der Waals surface area contributed by atoms with Crippen molar-refractivity contribution in [1.29, 1.82) is 0 Å². The molecule has 2 aromatic rings. The van der Waals surface area contributed by atoms with Gasteiger partial charge in [0.15, 0.2) is 0 Å². The van der Waals surface area contributed by atoms with E-state index in [-0.39, 0.29) is 17.9 Å². The Kier molecular flexibility index (Phi) is 4.48. The van der Waals surface area contributed by atoms with E-state index in [4.69, 9.17) is 9.47 Å². The maximum absolute atomic E-state index is 13.4. The van der Waals surface area contributed by atoms with Gasteiger partial charge >= 0.3 is 0 Å². The average molecular weight is 366 g/mol. The molecular formula is C21H22N2O4. The molecule has 2 unspecified atom stereocenters. The molecule has 6 heteroatoms. The van der Waals surface area contributed by atoms with E-state index >= 15 is 0 Å². The molecule has 2 aliphatic rings.